The van der Waals surface area contributed by atoms with Gasteiger partial charge in [0.1, 0.15) is 29.9 Å². The number of hydrogen-bond donors (Lipinski definition) is 7. The van der Waals surface area contributed by atoms with E-state index < -0.39 is 65.6 Å². The minimum atomic E-state index is -1.27. The number of aromatic amines is 1. The quantitative estimate of drug-likeness (QED) is 0.144. The van der Waals surface area contributed by atoms with Crippen molar-refractivity contribution < 1.29 is 29.9 Å². The standard InChI is InChI=1S/C21H36N4O8S2/c22-9-11-15(27)17(29)14(23)20(33-11)35-8-4-2-1-3-7-34-10-12-16(28)18(30)19(32-12)25-6-5-13(26)24-21(25)31/h5-6,11-12,14-20,27-30H,1-4,7-10,22-23H2,(H,24,26,31)/t11-,12-,14-,15-,16-,17-,18-,19-,20+/m1/s1. The lowest BCUT2D eigenvalue weighted by atomic mass is 9.99. The van der Waals surface area contributed by atoms with Gasteiger partial charge in [-0.3, -0.25) is 14.3 Å². The summed E-state index contributed by atoms with van der Waals surface area (Å²) in [7, 11) is 0. The second-order valence-electron chi connectivity index (χ2n) is 8.76. The molecule has 14 heteroatoms. The third-order valence-corrected chi connectivity index (χ3v) is 8.61. The molecule has 0 aliphatic carbocycles. The van der Waals surface area contributed by atoms with Crippen molar-refractivity contribution in [1.82, 2.24) is 9.55 Å². The largest absolute Gasteiger partial charge is 0.389 e. The van der Waals surface area contributed by atoms with Crippen molar-refractivity contribution in [1.29, 1.82) is 0 Å². The number of aliphatic hydroxyl groups excluding tert-OH is 4. The summed E-state index contributed by atoms with van der Waals surface area (Å²) in [5.41, 5.74) is 9.91. The fraction of sp³-hybridized carbons (Fsp3) is 0.810. The first-order chi connectivity index (χ1) is 16.7. The van der Waals surface area contributed by atoms with Crippen LogP contribution >= 0.6 is 23.5 Å². The van der Waals surface area contributed by atoms with Crippen LogP contribution < -0.4 is 22.7 Å². The molecule has 0 amide bonds. The van der Waals surface area contributed by atoms with Crippen LogP contribution in [-0.2, 0) is 9.47 Å². The number of rotatable bonds is 12. The predicted molar refractivity (Wildman–Crippen MR) is 133 cm³/mol. The maximum Gasteiger partial charge on any atom is 0.330 e. The second kappa shape index (κ2) is 13.6. The monoisotopic (exact) mass is 536 g/mol. The van der Waals surface area contributed by atoms with Gasteiger partial charge in [0.15, 0.2) is 6.23 Å². The fourth-order valence-corrected chi connectivity index (χ4v) is 6.37. The highest BCUT2D eigenvalue weighted by atomic mass is 32.2. The summed E-state index contributed by atoms with van der Waals surface area (Å²) in [6.45, 7) is 0.119. The molecule has 0 radical (unpaired) electrons. The third kappa shape index (κ3) is 7.31. The number of thioether (sulfide) groups is 2. The van der Waals surface area contributed by atoms with Crippen LogP contribution in [-0.4, -0.2) is 102 Å². The molecule has 3 rings (SSSR count). The zero-order chi connectivity index (χ0) is 25.5. The molecule has 3 heterocycles. The van der Waals surface area contributed by atoms with Crippen LogP contribution in [0.2, 0.25) is 0 Å². The molecule has 0 spiro atoms. The number of unbranched alkanes of at least 4 members (excludes halogenated alkanes) is 3. The Labute approximate surface area is 211 Å². The average molecular weight is 537 g/mol. The maximum atomic E-state index is 11.9. The van der Waals surface area contributed by atoms with E-state index in [4.69, 9.17) is 20.9 Å². The number of ether oxygens (including phenoxy) is 2. The Bertz CT molecular complexity index is 903. The molecule has 1 aromatic rings. The van der Waals surface area contributed by atoms with Crippen LogP contribution in [0.1, 0.15) is 31.9 Å². The average Bonchev–Trinajstić information content (AvgIpc) is 3.11. The highest BCUT2D eigenvalue weighted by molar-refractivity contribution is 7.99. The molecule has 2 aliphatic rings. The molecular weight excluding hydrogens is 500 g/mol. The lowest BCUT2D eigenvalue weighted by molar-refractivity contribution is -0.150. The van der Waals surface area contributed by atoms with Gasteiger partial charge in [-0.2, -0.15) is 11.8 Å². The topological polar surface area (TPSA) is 206 Å². The number of H-pyrrole nitrogens is 1. The van der Waals surface area contributed by atoms with Crippen LogP contribution in [0.4, 0.5) is 0 Å². The molecule has 1 aromatic heterocycles. The molecule has 9 atom stereocenters. The molecule has 9 N–H and O–H groups in total. The molecule has 0 saturated carbocycles. The van der Waals surface area contributed by atoms with Crippen LogP contribution in [0.3, 0.4) is 0 Å². The molecule has 0 bridgehead atoms. The predicted octanol–water partition coefficient (Wildman–Crippen LogP) is -2.08. The Balaban J connectivity index is 1.28. The van der Waals surface area contributed by atoms with Crippen molar-refractivity contribution in [3.05, 3.63) is 33.1 Å². The summed E-state index contributed by atoms with van der Waals surface area (Å²) in [4.78, 5) is 25.3. The molecule has 12 nitrogen and oxygen atoms in total. The highest BCUT2D eigenvalue weighted by Gasteiger charge is 2.44. The number of nitrogens with zero attached hydrogens (tertiary/aromatic N) is 1. The van der Waals surface area contributed by atoms with Gasteiger partial charge >= 0.3 is 5.69 Å². The highest BCUT2D eigenvalue weighted by Crippen LogP contribution is 2.31. The Morgan fingerprint density at radius 3 is 2.31 bits per heavy atom. The number of nitrogens with two attached hydrogens (primary N) is 2. The van der Waals surface area contributed by atoms with E-state index in [0.29, 0.717) is 5.75 Å². The smallest absolute Gasteiger partial charge is 0.330 e. The van der Waals surface area contributed by atoms with E-state index in [1.807, 2.05) is 0 Å². The second-order valence-corrected chi connectivity index (χ2v) is 11.1. The van der Waals surface area contributed by atoms with Crippen LogP contribution in [0.25, 0.3) is 0 Å². The van der Waals surface area contributed by atoms with Crippen LogP contribution in [0.5, 0.6) is 0 Å². The molecule has 0 unspecified atom stereocenters. The molecule has 35 heavy (non-hydrogen) atoms. The van der Waals surface area contributed by atoms with Crippen molar-refractivity contribution in [2.24, 2.45) is 11.5 Å². The number of aliphatic hydroxyl groups is 4. The van der Waals surface area contributed by atoms with Crippen molar-refractivity contribution >= 4 is 23.5 Å². The van der Waals surface area contributed by atoms with Crippen LogP contribution in [0.15, 0.2) is 21.9 Å². The molecule has 0 aromatic carbocycles. The summed E-state index contributed by atoms with van der Waals surface area (Å²) in [5, 5.41) is 40.5. The van der Waals surface area contributed by atoms with E-state index in [1.165, 1.54) is 18.0 Å². The fourth-order valence-electron chi connectivity index (χ4n) is 4.08. The zero-order valence-corrected chi connectivity index (χ0v) is 21.0. The Hall–Kier alpha value is -0.940. The zero-order valence-electron chi connectivity index (χ0n) is 19.3. The van der Waals surface area contributed by atoms with E-state index in [-0.39, 0.29) is 6.54 Å². The van der Waals surface area contributed by atoms with Gasteiger partial charge in [-0.1, -0.05) is 12.8 Å². The third-order valence-electron chi connectivity index (χ3n) is 6.19. The Morgan fingerprint density at radius 2 is 1.63 bits per heavy atom. The van der Waals surface area contributed by atoms with Crippen molar-refractivity contribution in [2.75, 3.05) is 23.8 Å². The van der Waals surface area contributed by atoms with Gasteiger partial charge in [-0.15, -0.1) is 11.8 Å². The number of aromatic nitrogens is 2. The van der Waals surface area contributed by atoms with Gasteiger partial charge in [0.25, 0.3) is 5.56 Å². The summed E-state index contributed by atoms with van der Waals surface area (Å²) >= 11 is 3.13. The lowest BCUT2D eigenvalue weighted by Crippen LogP contribution is -2.61. The molecular formula is C21H36N4O8S2. The number of hydrogen-bond acceptors (Lipinski definition) is 12. The van der Waals surface area contributed by atoms with Crippen molar-refractivity contribution in [3.8, 4) is 0 Å². The van der Waals surface area contributed by atoms with E-state index in [2.05, 4.69) is 4.98 Å². The van der Waals surface area contributed by atoms with Gasteiger partial charge in [-0.05, 0) is 24.3 Å². The minimum Gasteiger partial charge on any atom is -0.389 e. The Kier molecular flexibility index (Phi) is 11.1. The summed E-state index contributed by atoms with van der Waals surface area (Å²) < 4.78 is 12.5. The van der Waals surface area contributed by atoms with Crippen LogP contribution in [0, 0.1) is 0 Å². The summed E-state index contributed by atoms with van der Waals surface area (Å²) in [5.74, 6) is 2.14. The first-order valence-corrected chi connectivity index (χ1v) is 13.9. The van der Waals surface area contributed by atoms with Gasteiger partial charge in [0, 0.05) is 24.6 Å². The minimum absolute atomic E-state index is 0.119. The first kappa shape index (κ1) is 28.6. The maximum absolute atomic E-state index is 11.9. The van der Waals surface area contributed by atoms with Gasteiger partial charge < -0.3 is 41.4 Å². The number of nitrogens with one attached hydrogen (secondary N) is 1. The lowest BCUT2D eigenvalue weighted by Gasteiger charge is -2.40. The normalized spacial score (nSPS) is 35.4. The van der Waals surface area contributed by atoms with E-state index >= 15 is 0 Å². The molecule has 2 saturated heterocycles. The van der Waals surface area contributed by atoms with Crippen molar-refractivity contribution in [3.63, 3.8) is 0 Å². The molecule has 2 fully saturated rings. The summed E-state index contributed by atoms with van der Waals surface area (Å²) in [6.07, 6.45) is -1.61. The molecule has 2 aliphatic heterocycles. The SMILES string of the molecule is NC[C@H]1O[C@@H](SCCCCCCSC[C@H]2O[C@@H](n3ccc(=O)[nH]c3=O)[C@H](O)[C@@H]2O)[C@H](N)[C@@H](O)[C@@H]1O. The van der Waals surface area contributed by atoms with E-state index in [1.54, 1.807) is 11.8 Å². The Morgan fingerprint density at radius 1 is 0.943 bits per heavy atom. The van der Waals surface area contributed by atoms with Gasteiger partial charge in [0.2, 0.25) is 0 Å². The first-order valence-electron chi connectivity index (χ1n) is 11.7. The summed E-state index contributed by atoms with van der Waals surface area (Å²) in [6, 6.07) is 0.495. The van der Waals surface area contributed by atoms with Gasteiger partial charge in [0.05, 0.1) is 18.2 Å². The van der Waals surface area contributed by atoms with E-state index in [0.717, 1.165) is 47.8 Å². The van der Waals surface area contributed by atoms with E-state index in [9.17, 15) is 30.0 Å². The van der Waals surface area contributed by atoms with Crippen molar-refractivity contribution in [2.45, 2.75) is 80.0 Å². The molecule has 200 valence electrons. The van der Waals surface area contributed by atoms with Gasteiger partial charge in [-0.25, -0.2) is 4.79 Å².